The largest absolute Gasteiger partial charge is 0.330 e. The molecule has 0 rings (SSSR count). The minimum atomic E-state index is -3.80. The highest BCUT2D eigenvalue weighted by Crippen LogP contribution is 2.46. The summed E-state index contributed by atoms with van der Waals surface area (Å²) in [6, 6.07) is 0. The number of nitrogens with two attached hydrogens (primary N) is 1. The van der Waals surface area contributed by atoms with Crippen LogP contribution in [0.1, 0.15) is 6.92 Å². The van der Waals surface area contributed by atoms with Gasteiger partial charge in [-0.05, 0) is 36.1 Å². The van der Waals surface area contributed by atoms with E-state index in [4.69, 9.17) is 20.0 Å². The van der Waals surface area contributed by atoms with Gasteiger partial charge in [0, 0.05) is 0 Å². The number of hydrogen-bond donors (Lipinski definition) is 4. The van der Waals surface area contributed by atoms with Crippen molar-refractivity contribution < 1.29 is 28.3 Å². The zero-order chi connectivity index (χ0) is 12.8. The van der Waals surface area contributed by atoms with Gasteiger partial charge in [0.25, 0.3) is 0 Å². The molecule has 0 fully saturated rings. The van der Waals surface area contributed by atoms with Crippen molar-refractivity contribution in [1.82, 2.24) is 0 Å². The van der Waals surface area contributed by atoms with Crippen molar-refractivity contribution in [2.75, 3.05) is 19.9 Å². The van der Waals surface area contributed by atoms with Crippen LogP contribution >= 0.6 is 13.4 Å². The summed E-state index contributed by atoms with van der Waals surface area (Å²) in [6.07, 6.45) is 0. The zero-order valence-electron chi connectivity index (χ0n) is 8.55. The molecule has 0 bridgehead atoms. The molecule has 7 nitrogen and oxygen atoms in total. The third-order valence-electron chi connectivity index (χ3n) is 1.36. The molecule has 2 unspecified atom stereocenters. The summed E-state index contributed by atoms with van der Waals surface area (Å²) in [4.78, 5) is 26.8. The first kappa shape index (κ1) is 17.0. The Labute approximate surface area is 104 Å². The third-order valence-corrected chi connectivity index (χ3v) is 3.66. The van der Waals surface area contributed by atoms with Gasteiger partial charge >= 0.3 is 13.4 Å². The molecule has 2 atom stereocenters. The monoisotopic (exact) mass is 311 g/mol. The van der Waals surface area contributed by atoms with E-state index < -0.39 is 20.2 Å². The third kappa shape index (κ3) is 10.2. The molecule has 0 aromatic heterocycles. The summed E-state index contributed by atoms with van der Waals surface area (Å²) >= 11 is 8.77. The quantitative estimate of drug-likeness (QED) is 0.363. The van der Waals surface area contributed by atoms with Gasteiger partial charge < -0.3 is 24.9 Å². The van der Waals surface area contributed by atoms with Gasteiger partial charge in [-0.2, -0.15) is 0 Å². The van der Waals surface area contributed by atoms with Crippen LogP contribution in [0.5, 0.6) is 0 Å². The maximum Gasteiger partial charge on any atom is 0.326 e. The maximum absolute atomic E-state index is 9.43. The molecule has 0 saturated heterocycles. The van der Waals surface area contributed by atoms with Crippen LogP contribution in [0.3, 0.4) is 0 Å². The summed E-state index contributed by atoms with van der Waals surface area (Å²) in [5, 5.41) is 0. The van der Waals surface area contributed by atoms with Crippen LogP contribution in [0.4, 0.5) is 0 Å². The van der Waals surface area contributed by atoms with Crippen molar-refractivity contribution in [3.05, 3.63) is 0 Å². The molecular weight excluding hydrogens is 296 g/mol. The molecular formula is C5H15NO6P2S2. The molecule has 0 saturated carbocycles. The minimum Gasteiger partial charge on any atom is -0.330 e. The van der Waals surface area contributed by atoms with E-state index in [9.17, 15) is 4.89 Å². The smallest absolute Gasteiger partial charge is 0.326 e. The summed E-state index contributed by atoms with van der Waals surface area (Å²) in [6.45, 7) is -5.53. The Morgan fingerprint density at radius 1 is 1.19 bits per heavy atom. The van der Waals surface area contributed by atoms with Crippen LogP contribution in [-0.4, -0.2) is 34.6 Å². The van der Waals surface area contributed by atoms with Crippen LogP contribution < -0.4 is 5.73 Å². The molecule has 16 heavy (non-hydrogen) atoms. The minimum absolute atomic E-state index is 0.0280. The molecule has 0 aromatic carbocycles. The molecule has 0 aromatic rings. The lowest BCUT2D eigenvalue weighted by Gasteiger charge is -2.18. The van der Waals surface area contributed by atoms with Crippen molar-refractivity contribution in [2.24, 2.45) is 11.7 Å². The van der Waals surface area contributed by atoms with Crippen molar-refractivity contribution in [2.45, 2.75) is 6.92 Å². The highest BCUT2D eigenvalue weighted by Gasteiger charge is 2.18. The van der Waals surface area contributed by atoms with E-state index in [1.54, 1.807) is 0 Å². The molecule has 0 amide bonds. The number of rotatable bonds is 8. The van der Waals surface area contributed by atoms with Crippen LogP contribution in [0, 0.1) is 5.92 Å². The first-order valence-electron chi connectivity index (χ1n) is 4.18. The number of hydrogen-bond acceptors (Lipinski definition) is 6. The molecule has 0 heterocycles. The summed E-state index contributed by atoms with van der Waals surface area (Å²) < 4.78 is 13.9. The van der Waals surface area contributed by atoms with Gasteiger partial charge in [-0.1, -0.05) is 6.92 Å². The normalized spacial score (nSPS) is 18.1. The average molecular weight is 311 g/mol. The second-order valence-corrected chi connectivity index (χ2v) is 8.48. The van der Waals surface area contributed by atoms with Gasteiger partial charge in [0.1, 0.15) is 0 Å². The Kier molecular flexibility index (Phi) is 7.93. The lowest BCUT2D eigenvalue weighted by molar-refractivity contribution is 0.0754. The first-order chi connectivity index (χ1) is 7.16. The van der Waals surface area contributed by atoms with Crippen LogP contribution in [0.2, 0.25) is 0 Å². The molecule has 5 N–H and O–H groups in total. The van der Waals surface area contributed by atoms with Crippen molar-refractivity contribution >= 4 is 37.1 Å². The van der Waals surface area contributed by atoms with E-state index in [-0.39, 0.29) is 12.5 Å². The van der Waals surface area contributed by atoms with Gasteiger partial charge in [0.2, 0.25) is 0 Å². The SMILES string of the molecule is CC(CN)COP(O)(=S)OCOP(O)(O)=S. The Balaban J connectivity index is 3.88. The van der Waals surface area contributed by atoms with Crippen LogP contribution in [0.25, 0.3) is 0 Å². The Morgan fingerprint density at radius 3 is 2.19 bits per heavy atom. The second kappa shape index (κ2) is 7.45. The Hall–Kier alpha value is 1.02. The molecule has 11 heteroatoms. The van der Waals surface area contributed by atoms with Gasteiger partial charge in [-0.3, -0.25) is 9.05 Å². The van der Waals surface area contributed by atoms with Crippen LogP contribution in [0.15, 0.2) is 0 Å². The Bertz CT molecular complexity index is 297. The molecule has 0 spiro atoms. The topological polar surface area (TPSA) is 114 Å². The first-order valence-corrected chi connectivity index (χ1v) is 9.40. The fraction of sp³-hybridized carbons (Fsp3) is 1.00. The van der Waals surface area contributed by atoms with E-state index in [1.807, 2.05) is 6.92 Å². The lowest BCUT2D eigenvalue weighted by atomic mass is 10.2. The fourth-order valence-electron chi connectivity index (χ4n) is 0.486. The van der Waals surface area contributed by atoms with E-state index >= 15 is 0 Å². The van der Waals surface area contributed by atoms with Gasteiger partial charge in [-0.25, -0.2) is 0 Å². The highest BCUT2D eigenvalue weighted by atomic mass is 32.5. The fourth-order valence-corrected chi connectivity index (χ4v) is 1.90. The predicted octanol–water partition coefficient (Wildman–Crippen LogP) is 0.0144. The summed E-state index contributed by atoms with van der Waals surface area (Å²) in [7, 11) is 0. The van der Waals surface area contributed by atoms with E-state index in [2.05, 4.69) is 32.7 Å². The summed E-state index contributed by atoms with van der Waals surface area (Å²) in [5.41, 5.74) is 5.33. The standard InChI is InChI=1S/C5H15NO6P2S2/c1-5(2-6)3-10-14(9,16)12-4-11-13(7,8)15/h5H,2-4,6H2,1H3,(H,9,16)(H2,7,8,15). The lowest BCUT2D eigenvalue weighted by Crippen LogP contribution is -2.16. The highest BCUT2D eigenvalue weighted by molar-refractivity contribution is 8.07. The molecule has 0 aliphatic rings. The predicted molar refractivity (Wildman–Crippen MR) is 66.4 cm³/mol. The van der Waals surface area contributed by atoms with Crippen LogP contribution in [-0.2, 0) is 37.2 Å². The second-order valence-electron chi connectivity index (χ2n) is 2.97. The van der Waals surface area contributed by atoms with E-state index in [1.165, 1.54) is 0 Å². The maximum atomic E-state index is 9.43. The van der Waals surface area contributed by atoms with Crippen molar-refractivity contribution in [3.63, 3.8) is 0 Å². The van der Waals surface area contributed by atoms with Gasteiger partial charge in [0.15, 0.2) is 6.79 Å². The molecule has 0 radical (unpaired) electrons. The summed E-state index contributed by atoms with van der Waals surface area (Å²) in [5.74, 6) is 0.0280. The van der Waals surface area contributed by atoms with E-state index in [0.29, 0.717) is 6.54 Å². The van der Waals surface area contributed by atoms with Crippen molar-refractivity contribution in [1.29, 1.82) is 0 Å². The Morgan fingerprint density at radius 2 is 1.75 bits per heavy atom. The van der Waals surface area contributed by atoms with Gasteiger partial charge in [-0.15, -0.1) is 0 Å². The molecule has 0 aliphatic heterocycles. The molecule has 98 valence electrons. The zero-order valence-corrected chi connectivity index (χ0v) is 12.0. The average Bonchev–Trinajstić information content (AvgIpc) is 2.12. The molecule has 0 aliphatic carbocycles. The van der Waals surface area contributed by atoms with E-state index in [0.717, 1.165) is 0 Å². The van der Waals surface area contributed by atoms with Crippen molar-refractivity contribution in [3.8, 4) is 0 Å². The van der Waals surface area contributed by atoms with Gasteiger partial charge in [0.05, 0.1) is 6.61 Å².